The van der Waals surface area contributed by atoms with Crippen LogP contribution in [0.4, 0.5) is 4.39 Å². The van der Waals surface area contributed by atoms with Gasteiger partial charge in [0.25, 0.3) is 0 Å². The molecule has 0 saturated carbocycles. The Morgan fingerprint density at radius 1 is 1.41 bits per heavy atom. The van der Waals surface area contributed by atoms with Gasteiger partial charge in [0, 0.05) is 11.0 Å². The van der Waals surface area contributed by atoms with E-state index in [-0.39, 0.29) is 17.2 Å². The molecule has 94 valence electrons. The van der Waals surface area contributed by atoms with Crippen molar-refractivity contribution in [3.05, 3.63) is 35.1 Å². The Morgan fingerprint density at radius 2 is 2.06 bits per heavy atom. The van der Waals surface area contributed by atoms with E-state index in [9.17, 15) is 4.39 Å². The first-order chi connectivity index (χ1) is 7.93. The average Bonchev–Trinajstić information content (AvgIpc) is 2.26. The minimum atomic E-state index is -0.358. The van der Waals surface area contributed by atoms with Crippen LogP contribution in [0.1, 0.15) is 31.9 Å². The lowest BCUT2D eigenvalue weighted by Gasteiger charge is -2.15. The Bertz CT molecular complexity index is 404. The molecule has 1 aromatic rings. The van der Waals surface area contributed by atoms with Crippen molar-refractivity contribution >= 4 is 17.6 Å². The quantitative estimate of drug-likeness (QED) is 0.625. The summed E-state index contributed by atoms with van der Waals surface area (Å²) in [5.74, 6) is 0.612. The number of hydrogen-bond acceptors (Lipinski definition) is 2. The molecule has 0 aliphatic rings. The van der Waals surface area contributed by atoms with E-state index in [0.717, 1.165) is 0 Å². The van der Waals surface area contributed by atoms with Gasteiger partial charge in [-0.25, -0.2) is 4.39 Å². The van der Waals surface area contributed by atoms with Crippen LogP contribution in [-0.2, 0) is 5.75 Å². The molecule has 0 aliphatic heterocycles. The molecule has 0 aliphatic carbocycles. The predicted octanol–water partition coefficient (Wildman–Crippen LogP) is 3.39. The van der Waals surface area contributed by atoms with Gasteiger partial charge in [-0.05, 0) is 17.5 Å². The molecule has 1 unspecified atom stereocenters. The van der Waals surface area contributed by atoms with Crippen molar-refractivity contribution in [2.24, 2.45) is 11.7 Å². The third-order valence-electron chi connectivity index (χ3n) is 2.81. The van der Waals surface area contributed by atoms with Crippen molar-refractivity contribution in [3.63, 3.8) is 0 Å². The summed E-state index contributed by atoms with van der Waals surface area (Å²) >= 11 is 1.72. The standard InChI is InChI=1S/C13H19FN2S/c1-8(2)9(3)17-7-10-5-4-6-11(12(10)14)13(15)16/h4-6,8-9H,7H2,1-3H3,(H3,15,16). The molecule has 0 amide bonds. The van der Waals surface area contributed by atoms with Crippen LogP contribution in [0.25, 0.3) is 0 Å². The van der Waals surface area contributed by atoms with Crippen molar-refractivity contribution in [2.75, 3.05) is 0 Å². The van der Waals surface area contributed by atoms with Gasteiger partial charge in [-0.2, -0.15) is 11.8 Å². The molecule has 1 rings (SSSR count). The fraction of sp³-hybridized carbons (Fsp3) is 0.462. The van der Waals surface area contributed by atoms with Crippen LogP contribution < -0.4 is 5.73 Å². The fourth-order valence-electron chi connectivity index (χ4n) is 1.31. The highest BCUT2D eigenvalue weighted by molar-refractivity contribution is 7.99. The van der Waals surface area contributed by atoms with Crippen molar-refractivity contribution < 1.29 is 4.39 Å². The lowest BCUT2D eigenvalue weighted by atomic mass is 10.1. The van der Waals surface area contributed by atoms with Crippen LogP contribution in [0.15, 0.2) is 18.2 Å². The molecule has 0 saturated heterocycles. The zero-order chi connectivity index (χ0) is 13.0. The van der Waals surface area contributed by atoms with Crippen molar-refractivity contribution in [1.29, 1.82) is 5.41 Å². The summed E-state index contributed by atoms with van der Waals surface area (Å²) in [5.41, 5.74) is 6.14. The first-order valence-corrected chi connectivity index (χ1v) is 6.71. The molecule has 4 heteroatoms. The van der Waals surface area contributed by atoms with Crippen LogP contribution in [0.2, 0.25) is 0 Å². The molecule has 0 aromatic heterocycles. The van der Waals surface area contributed by atoms with Crippen LogP contribution >= 0.6 is 11.8 Å². The Morgan fingerprint density at radius 3 is 2.59 bits per heavy atom. The highest BCUT2D eigenvalue weighted by Gasteiger charge is 2.12. The van der Waals surface area contributed by atoms with Gasteiger partial charge in [-0.1, -0.05) is 32.9 Å². The fourth-order valence-corrected chi connectivity index (χ4v) is 2.36. The first-order valence-electron chi connectivity index (χ1n) is 5.66. The third kappa shape index (κ3) is 3.73. The highest BCUT2D eigenvalue weighted by Crippen LogP contribution is 2.25. The minimum Gasteiger partial charge on any atom is -0.384 e. The molecule has 0 heterocycles. The van der Waals surface area contributed by atoms with Gasteiger partial charge in [-0.15, -0.1) is 0 Å². The monoisotopic (exact) mass is 254 g/mol. The van der Waals surface area contributed by atoms with E-state index in [4.69, 9.17) is 11.1 Å². The molecule has 17 heavy (non-hydrogen) atoms. The van der Waals surface area contributed by atoms with E-state index in [1.807, 2.05) is 0 Å². The maximum absolute atomic E-state index is 13.9. The lowest BCUT2D eigenvalue weighted by Crippen LogP contribution is -2.14. The topological polar surface area (TPSA) is 49.9 Å². The van der Waals surface area contributed by atoms with Gasteiger partial charge >= 0.3 is 0 Å². The Labute approximate surface area is 106 Å². The zero-order valence-corrected chi connectivity index (χ0v) is 11.3. The molecule has 1 atom stereocenters. The molecule has 2 nitrogen and oxygen atoms in total. The van der Waals surface area contributed by atoms with Crippen LogP contribution in [-0.4, -0.2) is 11.1 Å². The summed E-state index contributed by atoms with van der Waals surface area (Å²) in [7, 11) is 0. The molecule has 0 radical (unpaired) electrons. The van der Waals surface area contributed by atoms with E-state index in [2.05, 4.69) is 20.8 Å². The molecular weight excluding hydrogens is 235 g/mol. The Balaban J connectivity index is 2.79. The second kappa shape index (κ2) is 6.05. The Hall–Kier alpha value is -1.03. The van der Waals surface area contributed by atoms with Gasteiger partial charge in [0.05, 0.1) is 5.56 Å². The number of nitrogen functional groups attached to an aromatic ring is 1. The number of hydrogen-bond donors (Lipinski definition) is 2. The number of nitrogens with one attached hydrogen (secondary N) is 1. The summed E-state index contributed by atoms with van der Waals surface area (Å²) in [6.45, 7) is 6.45. The maximum Gasteiger partial charge on any atom is 0.138 e. The van der Waals surface area contributed by atoms with Crippen LogP contribution in [0, 0.1) is 17.1 Å². The predicted molar refractivity (Wildman–Crippen MR) is 73.0 cm³/mol. The van der Waals surface area contributed by atoms with E-state index < -0.39 is 0 Å². The van der Waals surface area contributed by atoms with Gasteiger partial charge in [0.15, 0.2) is 0 Å². The summed E-state index contributed by atoms with van der Waals surface area (Å²) in [6, 6.07) is 5.04. The minimum absolute atomic E-state index is 0.195. The first kappa shape index (κ1) is 14.0. The van der Waals surface area contributed by atoms with Gasteiger partial charge in [0.1, 0.15) is 11.7 Å². The van der Waals surface area contributed by atoms with Crippen LogP contribution in [0.5, 0.6) is 0 Å². The maximum atomic E-state index is 13.9. The average molecular weight is 254 g/mol. The van der Waals surface area contributed by atoms with E-state index in [1.54, 1.807) is 23.9 Å². The number of amidine groups is 1. The molecular formula is C13H19FN2S. The van der Waals surface area contributed by atoms with Gasteiger partial charge < -0.3 is 5.73 Å². The molecule has 0 bridgehead atoms. The third-order valence-corrected chi connectivity index (χ3v) is 4.36. The van der Waals surface area contributed by atoms with Crippen molar-refractivity contribution in [3.8, 4) is 0 Å². The number of rotatable bonds is 5. The zero-order valence-electron chi connectivity index (χ0n) is 10.5. The normalized spacial score (nSPS) is 12.8. The van der Waals surface area contributed by atoms with Gasteiger partial charge in [0.2, 0.25) is 0 Å². The Kier molecular flexibility index (Phi) is 5.00. The molecule has 0 spiro atoms. The van der Waals surface area contributed by atoms with E-state index >= 15 is 0 Å². The SMILES string of the molecule is CC(C)C(C)SCc1cccc(C(=N)N)c1F. The largest absolute Gasteiger partial charge is 0.384 e. The molecule has 3 N–H and O–H groups in total. The number of thioether (sulfide) groups is 1. The number of nitrogens with two attached hydrogens (primary N) is 1. The summed E-state index contributed by atoms with van der Waals surface area (Å²) in [6.07, 6.45) is 0. The molecule has 1 aromatic carbocycles. The van der Waals surface area contributed by atoms with Crippen LogP contribution in [0.3, 0.4) is 0 Å². The summed E-state index contributed by atoms with van der Waals surface area (Å²) in [5, 5.41) is 7.77. The second-order valence-electron chi connectivity index (χ2n) is 4.45. The lowest BCUT2D eigenvalue weighted by molar-refractivity contribution is 0.613. The number of halogens is 1. The number of benzene rings is 1. The summed E-state index contributed by atoms with van der Waals surface area (Å²) in [4.78, 5) is 0. The van der Waals surface area contributed by atoms with Gasteiger partial charge in [-0.3, -0.25) is 5.41 Å². The van der Waals surface area contributed by atoms with E-state index in [1.165, 1.54) is 6.07 Å². The van der Waals surface area contributed by atoms with Crippen molar-refractivity contribution in [1.82, 2.24) is 0 Å². The molecule has 0 fully saturated rings. The second-order valence-corrected chi connectivity index (χ2v) is 5.82. The summed E-state index contributed by atoms with van der Waals surface area (Å²) < 4.78 is 13.9. The van der Waals surface area contributed by atoms with Crippen molar-refractivity contribution in [2.45, 2.75) is 31.8 Å². The van der Waals surface area contributed by atoms with E-state index in [0.29, 0.717) is 22.5 Å². The smallest absolute Gasteiger partial charge is 0.138 e. The highest BCUT2D eigenvalue weighted by atomic mass is 32.2.